The largest absolute Gasteiger partial charge is 0.360 e. The van der Waals surface area contributed by atoms with Crippen LogP contribution in [0.5, 0.6) is 0 Å². The van der Waals surface area contributed by atoms with Crippen molar-refractivity contribution in [1.82, 2.24) is 20.8 Å². The predicted molar refractivity (Wildman–Crippen MR) is 81.4 cm³/mol. The average Bonchev–Trinajstić information content (AvgIpc) is 3.15. The number of rotatable bonds is 9. The molecule has 116 valence electrons. The van der Waals surface area contributed by atoms with Crippen molar-refractivity contribution in [3.05, 3.63) is 5.01 Å². The third kappa shape index (κ3) is 5.66. The van der Waals surface area contributed by atoms with E-state index in [1.54, 1.807) is 0 Å². The number of carbonyl (C=O) groups excluding carboxylic acids is 2. The highest BCUT2D eigenvalue weighted by atomic mass is 32.1. The molecule has 7 nitrogen and oxygen atoms in total. The summed E-state index contributed by atoms with van der Waals surface area (Å²) in [5.74, 6) is -0.173. The van der Waals surface area contributed by atoms with Crippen LogP contribution in [0.25, 0.3) is 0 Å². The van der Waals surface area contributed by atoms with Gasteiger partial charge in [0.05, 0.1) is 0 Å². The van der Waals surface area contributed by atoms with E-state index in [4.69, 9.17) is 0 Å². The minimum absolute atomic E-state index is 0.0636. The molecule has 1 heterocycles. The Hall–Kier alpha value is -1.70. The Morgan fingerprint density at radius 3 is 2.81 bits per heavy atom. The van der Waals surface area contributed by atoms with Crippen LogP contribution >= 0.6 is 11.3 Å². The lowest BCUT2D eigenvalue weighted by Gasteiger charge is -2.04. The summed E-state index contributed by atoms with van der Waals surface area (Å²) >= 11 is 1.24. The second-order valence-corrected chi connectivity index (χ2v) is 6.02. The van der Waals surface area contributed by atoms with Crippen LogP contribution in [0.1, 0.15) is 48.8 Å². The van der Waals surface area contributed by atoms with Crippen LogP contribution in [0.15, 0.2) is 0 Å². The summed E-state index contributed by atoms with van der Waals surface area (Å²) in [6.45, 7) is 3.33. The molecule has 0 bridgehead atoms. The topological polar surface area (TPSA) is 96.0 Å². The predicted octanol–water partition coefficient (Wildman–Crippen LogP) is 1.15. The highest BCUT2D eigenvalue weighted by Gasteiger charge is 2.22. The van der Waals surface area contributed by atoms with Gasteiger partial charge in [-0.1, -0.05) is 18.3 Å². The van der Waals surface area contributed by atoms with E-state index < -0.39 is 0 Å². The normalized spacial score (nSPS) is 13.8. The molecule has 0 aliphatic heterocycles. The van der Waals surface area contributed by atoms with E-state index in [1.807, 2.05) is 0 Å². The smallest absolute Gasteiger partial charge is 0.282 e. The standard InChI is InChI=1S/C13H21N5O2S/c1-2-7-15-13-18-17-12(21-13)11(20)14-8-3-4-10(19)16-9-5-6-9/h9H,2-8H2,1H3,(H,14,20)(H,15,18)(H,16,19). The Balaban J connectivity index is 1.61. The molecule has 1 fully saturated rings. The summed E-state index contributed by atoms with van der Waals surface area (Å²) in [4.78, 5) is 23.3. The summed E-state index contributed by atoms with van der Waals surface area (Å²) in [5.41, 5.74) is 0. The zero-order valence-corrected chi connectivity index (χ0v) is 13.0. The molecular weight excluding hydrogens is 290 g/mol. The van der Waals surface area contributed by atoms with E-state index in [1.165, 1.54) is 11.3 Å². The first kappa shape index (κ1) is 15.7. The van der Waals surface area contributed by atoms with Crippen LogP contribution in [0, 0.1) is 0 Å². The number of hydrogen-bond donors (Lipinski definition) is 3. The first-order valence-electron chi connectivity index (χ1n) is 7.34. The van der Waals surface area contributed by atoms with Gasteiger partial charge in [-0.3, -0.25) is 9.59 Å². The highest BCUT2D eigenvalue weighted by Crippen LogP contribution is 2.18. The van der Waals surface area contributed by atoms with Crippen LogP contribution in [0.4, 0.5) is 5.13 Å². The van der Waals surface area contributed by atoms with Gasteiger partial charge in [-0.25, -0.2) is 0 Å². The van der Waals surface area contributed by atoms with Gasteiger partial charge in [0.1, 0.15) is 0 Å². The number of nitrogens with zero attached hydrogens (tertiary/aromatic N) is 2. The van der Waals surface area contributed by atoms with Crippen molar-refractivity contribution in [2.45, 2.75) is 45.1 Å². The van der Waals surface area contributed by atoms with Crippen molar-refractivity contribution in [3.8, 4) is 0 Å². The van der Waals surface area contributed by atoms with E-state index in [2.05, 4.69) is 33.1 Å². The molecule has 0 radical (unpaired) electrons. The van der Waals surface area contributed by atoms with Crippen molar-refractivity contribution in [2.24, 2.45) is 0 Å². The van der Waals surface area contributed by atoms with Gasteiger partial charge in [0.25, 0.3) is 5.91 Å². The van der Waals surface area contributed by atoms with E-state index in [0.29, 0.717) is 35.6 Å². The maximum absolute atomic E-state index is 11.8. The molecule has 1 aliphatic rings. The lowest BCUT2D eigenvalue weighted by molar-refractivity contribution is -0.121. The summed E-state index contributed by atoms with van der Waals surface area (Å²) in [6, 6.07) is 0.391. The van der Waals surface area contributed by atoms with E-state index in [0.717, 1.165) is 25.8 Å². The number of amides is 2. The molecule has 1 saturated carbocycles. The number of nitrogens with one attached hydrogen (secondary N) is 3. The van der Waals surface area contributed by atoms with Crippen molar-refractivity contribution >= 4 is 28.3 Å². The average molecular weight is 311 g/mol. The van der Waals surface area contributed by atoms with Gasteiger partial charge in [0.15, 0.2) is 0 Å². The van der Waals surface area contributed by atoms with Gasteiger partial charge in [0.2, 0.25) is 16.0 Å². The summed E-state index contributed by atoms with van der Waals surface area (Å²) < 4.78 is 0. The van der Waals surface area contributed by atoms with Crippen LogP contribution in [0.3, 0.4) is 0 Å². The molecule has 0 spiro atoms. The fraction of sp³-hybridized carbons (Fsp3) is 0.692. The van der Waals surface area contributed by atoms with Gasteiger partial charge in [-0.15, -0.1) is 10.2 Å². The van der Waals surface area contributed by atoms with E-state index in [9.17, 15) is 9.59 Å². The van der Waals surface area contributed by atoms with Crippen molar-refractivity contribution < 1.29 is 9.59 Å². The quantitative estimate of drug-likeness (QED) is 0.595. The molecular formula is C13H21N5O2S. The SMILES string of the molecule is CCCNc1nnc(C(=O)NCCCC(=O)NC2CC2)s1. The van der Waals surface area contributed by atoms with Crippen molar-refractivity contribution in [3.63, 3.8) is 0 Å². The van der Waals surface area contributed by atoms with Crippen LogP contribution in [-0.2, 0) is 4.79 Å². The second kappa shape index (κ2) is 7.92. The molecule has 2 rings (SSSR count). The molecule has 21 heavy (non-hydrogen) atoms. The number of aromatic nitrogens is 2. The van der Waals surface area contributed by atoms with Crippen LogP contribution in [0.2, 0.25) is 0 Å². The number of carbonyl (C=O) groups is 2. The molecule has 0 atom stereocenters. The van der Waals surface area contributed by atoms with E-state index >= 15 is 0 Å². The van der Waals surface area contributed by atoms with E-state index in [-0.39, 0.29) is 11.8 Å². The minimum atomic E-state index is -0.236. The fourth-order valence-corrected chi connectivity index (χ4v) is 2.36. The third-order valence-corrected chi connectivity index (χ3v) is 3.83. The van der Waals surface area contributed by atoms with Crippen LogP contribution < -0.4 is 16.0 Å². The Bertz CT molecular complexity index is 487. The lowest BCUT2D eigenvalue weighted by atomic mass is 10.3. The lowest BCUT2D eigenvalue weighted by Crippen LogP contribution is -2.28. The number of anilines is 1. The monoisotopic (exact) mass is 311 g/mol. The first-order valence-corrected chi connectivity index (χ1v) is 8.15. The minimum Gasteiger partial charge on any atom is -0.360 e. The third-order valence-electron chi connectivity index (χ3n) is 2.95. The van der Waals surface area contributed by atoms with Gasteiger partial charge >= 0.3 is 0 Å². The second-order valence-electron chi connectivity index (χ2n) is 5.04. The Morgan fingerprint density at radius 1 is 1.29 bits per heavy atom. The van der Waals surface area contributed by atoms with Gasteiger partial charge < -0.3 is 16.0 Å². The van der Waals surface area contributed by atoms with Crippen molar-refractivity contribution in [1.29, 1.82) is 0 Å². The van der Waals surface area contributed by atoms with Crippen molar-refractivity contribution in [2.75, 3.05) is 18.4 Å². The molecule has 1 aromatic heterocycles. The fourth-order valence-electron chi connectivity index (χ4n) is 1.67. The molecule has 1 aromatic rings. The maximum Gasteiger partial charge on any atom is 0.282 e. The molecule has 8 heteroatoms. The zero-order chi connectivity index (χ0) is 15.1. The molecule has 1 aliphatic carbocycles. The molecule has 0 aromatic carbocycles. The van der Waals surface area contributed by atoms with Gasteiger partial charge in [0, 0.05) is 25.6 Å². The molecule has 0 saturated heterocycles. The first-order chi connectivity index (χ1) is 10.2. The summed E-state index contributed by atoms with van der Waals surface area (Å²) in [6.07, 6.45) is 4.24. The molecule has 2 amide bonds. The van der Waals surface area contributed by atoms with Crippen LogP contribution in [-0.4, -0.2) is 41.1 Å². The zero-order valence-electron chi connectivity index (χ0n) is 12.1. The summed E-state index contributed by atoms with van der Waals surface area (Å²) in [5, 5.41) is 17.5. The van der Waals surface area contributed by atoms with Gasteiger partial charge in [-0.2, -0.15) is 0 Å². The maximum atomic E-state index is 11.8. The highest BCUT2D eigenvalue weighted by molar-refractivity contribution is 7.17. The Kier molecular flexibility index (Phi) is 5.91. The Morgan fingerprint density at radius 2 is 2.10 bits per heavy atom. The molecule has 0 unspecified atom stereocenters. The molecule has 3 N–H and O–H groups in total. The Labute approximate surface area is 127 Å². The summed E-state index contributed by atoms with van der Waals surface area (Å²) in [7, 11) is 0. The number of hydrogen-bond acceptors (Lipinski definition) is 6. The van der Waals surface area contributed by atoms with Gasteiger partial charge in [-0.05, 0) is 25.7 Å².